The number of amides is 1. The average Bonchev–Trinajstić information content (AvgIpc) is 2.95. The molecule has 3 N–H and O–H groups in total. The standard InChI is InChI=1S/C15H19N3O2/c1-10(12-6-4-3-5-7-12)8-17-14(19)13-9-20-15(18-13)11(2)16/h3-7,9-11H,8,16H2,1-2H3,(H,17,19). The minimum atomic E-state index is -0.320. The lowest BCUT2D eigenvalue weighted by molar-refractivity contribution is 0.0946. The molecule has 0 fully saturated rings. The monoisotopic (exact) mass is 273 g/mol. The van der Waals surface area contributed by atoms with Gasteiger partial charge in [-0.2, -0.15) is 0 Å². The largest absolute Gasteiger partial charge is 0.446 e. The molecule has 0 aliphatic carbocycles. The van der Waals surface area contributed by atoms with Crippen molar-refractivity contribution in [3.8, 4) is 0 Å². The highest BCUT2D eigenvalue weighted by Crippen LogP contribution is 2.13. The molecule has 1 aromatic heterocycles. The van der Waals surface area contributed by atoms with E-state index in [1.165, 1.54) is 11.8 Å². The first-order valence-corrected chi connectivity index (χ1v) is 6.62. The number of hydrogen-bond donors (Lipinski definition) is 2. The Morgan fingerprint density at radius 1 is 1.35 bits per heavy atom. The van der Waals surface area contributed by atoms with Crippen LogP contribution in [0.5, 0.6) is 0 Å². The van der Waals surface area contributed by atoms with Crippen molar-refractivity contribution in [2.45, 2.75) is 25.8 Å². The number of rotatable bonds is 5. The van der Waals surface area contributed by atoms with Crippen LogP contribution in [0.3, 0.4) is 0 Å². The minimum absolute atomic E-state index is 0.236. The molecule has 0 saturated carbocycles. The molecule has 5 nitrogen and oxygen atoms in total. The SMILES string of the molecule is CC(N)c1nc(C(=O)NCC(C)c2ccccc2)co1. The van der Waals surface area contributed by atoms with Gasteiger partial charge in [0.1, 0.15) is 6.26 Å². The Morgan fingerprint density at radius 2 is 2.05 bits per heavy atom. The van der Waals surface area contributed by atoms with E-state index in [0.29, 0.717) is 12.4 Å². The van der Waals surface area contributed by atoms with Gasteiger partial charge in [-0.1, -0.05) is 37.3 Å². The third-order valence-electron chi connectivity index (χ3n) is 3.08. The van der Waals surface area contributed by atoms with Crippen LogP contribution in [0.1, 0.15) is 47.7 Å². The second kappa shape index (κ2) is 6.34. The average molecular weight is 273 g/mol. The number of carbonyl (C=O) groups excluding carboxylic acids is 1. The first kappa shape index (κ1) is 14.3. The van der Waals surface area contributed by atoms with Gasteiger partial charge < -0.3 is 15.5 Å². The molecule has 0 spiro atoms. The molecule has 1 aromatic carbocycles. The molecule has 0 aliphatic rings. The molecule has 1 heterocycles. The summed E-state index contributed by atoms with van der Waals surface area (Å²) in [5.41, 5.74) is 7.08. The molecule has 106 valence electrons. The maximum atomic E-state index is 11.9. The van der Waals surface area contributed by atoms with E-state index in [-0.39, 0.29) is 23.6 Å². The topological polar surface area (TPSA) is 81.1 Å². The minimum Gasteiger partial charge on any atom is -0.446 e. The van der Waals surface area contributed by atoms with Crippen molar-refractivity contribution in [3.63, 3.8) is 0 Å². The van der Waals surface area contributed by atoms with Crippen LogP contribution in [0, 0.1) is 0 Å². The van der Waals surface area contributed by atoms with E-state index >= 15 is 0 Å². The van der Waals surface area contributed by atoms with Crippen LogP contribution in [0.15, 0.2) is 41.0 Å². The van der Waals surface area contributed by atoms with Gasteiger partial charge in [-0.25, -0.2) is 4.98 Å². The Kier molecular flexibility index (Phi) is 4.53. The Balaban J connectivity index is 1.91. The summed E-state index contributed by atoms with van der Waals surface area (Å²) in [6.45, 7) is 4.36. The van der Waals surface area contributed by atoms with Crippen LogP contribution in [0.25, 0.3) is 0 Å². The predicted octanol–water partition coefficient (Wildman–Crippen LogP) is 2.23. The van der Waals surface area contributed by atoms with Crippen molar-refractivity contribution >= 4 is 5.91 Å². The highest BCUT2D eigenvalue weighted by atomic mass is 16.3. The molecule has 1 amide bonds. The zero-order valence-electron chi connectivity index (χ0n) is 11.7. The van der Waals surface area contributed by atoms with Gasteiger partial charge in [-0.15, -0.1) is 0 Å². The van der Waals surface area contributed by atoms with Gasteiger partial charge in [0.2, 0.25) is 5.89 Å². The molecule has 2 aromatic rings. The highest BCUT2D eigenvalue weighted by molar-refractivity contribution is 5.91. The van der Waals surface area contributed by atoms with E-state index < -0.39 is 0 Å². The number of nitrogens with zero attached hydrogens (tertiary/aromatic N) is 1. The summed E-state index contributed by atoms with van der Waals surface area (Å²) in [6, 6.07) is 9.71. The van der Waals surface area contributed by atoms with Crippen LogP contribution in [-0.4, -0.2) is 17.4 Å². The Morgan fingerprint density at radius 3 is 2.65 bits per heavy atom. The normalized spacial score (nSPS) is 13.8. The van der Waals surface area contributed by atoms with Crippen LogP contribution in [-0.2, 0) is 0 Å². The van der Waals surface area contributed by atoms with Crippen molar-refractivity contribution < 1.29 is 9.21 Å². The highest BCUT2D eigenvalue weighted by Gasteiger charge is 2.15. The quantitative estimate of drug-likeness (QED) is 0.875. The Bertz CT molecular complexity index is 564. The van der Waals surface area contributed by atoms with E-state index in [0.717, 1.165) is 0 Å². The number of hydrogen-bond acceptors (Lipinski definition) is 4. The first-order valence-electron chi connectivity index (χ1n) is 6.62. The fourth-order valence-electron chi connectivity index (χ4n) is 1.84. The van der Waals surface area contributed by atoms with Crippen LogP contribution in [0.2, 0.25) is 0 Å². The third kappa shape index (κ3) is 3.45. The summed E-state index contributed by atoms with van der Waals surface area (Å²) in [5, 5.41) is 2.85. The van der Waals surface area contributed by atoms with Gasteiger partial charge in [0.25, 0.3) is 5.91 Å². The summed E-state index contributed by atoms with van der Waals surface area (Å²) < 4.78 is 5.14. The molecule has 2 rings (SSSR count). The van der Waals surface area contributed by atoms with Gasteiger partial charge in [0.15, 0.2) is 5.69 Å². The van der Waals surface area contributed by atoms with Crippen molar-refractivity contribution in [1.29, 1.82) is 0 Å². The van der Waals surface area contributed by atoms with Gasteiger partial charge in [0, 0.05) is 6.54 Å². The van der Waals surface area contributed by atoms with Crippen molar-refractivity contribution in [2.75, 3.05) is 6.54 Å². The van der Waals surface area contributed by atoms with Crippen molar-refractivity contribution in [3.05, 3.63) is 53.7 Å². The van der Waals surface area contributed by atoms with Crippen LogP contribution >= 0.6 is 0 Å². The number of benzene rings is 1. The van der Waals surface area contributed by atoms with Gasteiger partial charge in [-0.05, 0) is 18.4 Å². The van der Waals surface area contributed by atoms with Gasteiger partial charge in [0.05, 0.1) is 6.04 Å². The lowest BCUT2D eigenvalue weighted by atomic mass is 10.0. The number of nitrogens with one attached hydrogen (secondary N) is 1. The molecule has 0 radical (unpaired) electrons. The molecule has 0 aliphatic heterocycles. The van der Waals surface area contributed by atoms with Crippen LogP contribution in [0.4, 0.5) is 0 Å². The molecule has 0 bridgehead atoms. The van der Waals surface area contributed by atoms with Crippen molar-refractivity contribution in [1.82, 2.24) is 10.3 Å². The van der Waals surface area contributed by atoms with E-state index in [2.05, 4.69) is 17.2 Å². The third-order valence-corrected chi connectivity index (χ3v) is 3.08. The Hall–Kier alpha value is -2.14. The van der Waals surface area contributed by atoms with E-state index in [1.807, 2.05) is 30.3 Å². The predicted molar refractivity (Wildman–Crippen MR) is 76.3 cm³/mol. The van der Waals surface area contributed by atoms with Crippen LogP contribution < -0.4 is 11.1 Å². The molecule has 20 heavy (non-hydrogen) atoms. The van der Waals surface area contributed by atoms with Gasteiger partial charge >= 0.3 is 0 Å². The molecule has 2 atom stereocenters. The van der Waals surface area contributed by atoms with E-state index in [1.54, 1.807) is 6.92 Å². The molecule has 2 unspecified atom stereocenters. The fourth-order valence-corrected chi connectivity index (χ4v) is 1.84. The molecule has 0 saturated heterocycles. The number of oxazole rings is 1. The second-order valence-electron chi connectivity index (χ2n) is 4.88. The second-order valence-corrected chi connectivity index (χ2v) is 4.88. The molecule has 5 heteroatoms. The Labute approximate surface area is 118 Å². The lowest BCUT2D eigenvalue weighted by Crippen LogP contribution is -2.27. The number of carbonyl (C=O) groups is 1. The first-order chi connectivity index (χ1) is 9.58. The maximum Gasteiger partial charge on any atom is 0.273 e. The molecular weight excluding hydrogens is 254 g/mol. The van der Waals surface area contributed by atoms with E-state index in [9.17, 15) is 4.79 Å². The van der Waals surface area contributed by atoms with Crippen molar-refractivity contribution in [2.24, 2.45) is 5.73 Å². The summed E-state index contributed by atoms with van der Waals surface area (Å²) in [5.74, 6) is 0.356. The smallest absolute Gasteiger partial charge is 0.273 e. The van der Waals surface area contributed by atoms with Gasteiger partial charge in [-0.3, -0.25) is 4.79 Å². The number of aromatic nitrogens is 1. The fraction of sp³-hybridized carbons (Fsp3) is 0.333. The maximum absolute atomic E-state index is 11.9. The summed E-state index contributed by atoms with van der Waals surface area (Å²) in [7, 11) is 0. The summed E-state index contributed by atoms with van der Waals surface area (Å²) in [4.78, 5) is 16.0. The van der Waals surface area contributed by atoms with E-state index in [4.69, 9.17) is 10.2 Å². The zero-order valence-corrected chi connectivity index (χ0v) is 11.7. The molecular formula is C15H19N3O2. The lowest BCUT2D eigenvalue weighted by Gasteiger charge is -2.12. The summed E-state index contributed by atoms with van der Waals surface area (Å²) in [6.07, 6.45) is 1.33. The number of nitrogens with two attached hydrogens (primary N) is 1. The zero-order chi connectivity index (χ0) is 14.5. The summed E-state index contributed by atoms with van der Waals surface area (Å²) >= 11 is 0.